The van der Waals surface area contributed by atoms with Crippen LogP contribution in [-0.2, 0) is 25.7 Å². The molecule has 7 rings (SSSR count). The van der Waals surface area contributed by atoms with E-state index in [-0.39, 0.29) is 30.3 Å². The lowest BCUT2D eigenvalue weighted by molar-refractivity contribution is -0.120. The van der Waals surface area contributed by atoms with Crippen molar-refractivity contribution >= 4 is 34.8 Å². The Kier molecular flexibility index (Phi) is 11.6. The van der Waals surface area contributed by atoms with Crippen molar-refractivity contribution < 1.29 is 28.6 Å². The minimum atomic E-state index is -0.392. The van der Waals surface area contributed by atoms with E-state index >= 15 is 0 Å². The first-order chi connectivity index (χ1) is 25.9. The normalized spacial score (nSPS) is 20.3. The number of nitrogens with zero attached hydrogens (tertiary/aromatic N) is 3. The fourth-order valence-corrected chi connectivity index (χ4v) is 8.74. The summed E-state index contributed by atoms with van der Waals surface area (Å²) in [7, 11) is 1.40. The van der Waals surface area contributed by atoms with Crippen LogP contribution in [0, 0.1) is 5.92 Å². The monoisotopic (exact) mass is 720 g/mol. The number of methoxy groups -OCH3 is 1. The number of hydrogen-bond donors (Lipinski definition) is 1. The molecule has 53 heavy (non-hydrogen) atoms. The van der Waals surface area contributed by atoms with Crippen molar-refractivity contribution in [1.29, 1.82) is 0 Å². The number of ether oxygens (including phenoxy) is 3. The molecule has 1 aliphatic carbocycles. The third kappa shape index (κ3) is 8.08. The number of anilines is 3. The second-order valence-electron chi connectivity index (χ2n) is 14.6. The highest BCUT2D eigenvalue weighted by Crippen LogP contribution is 2.55. The molecule has 2 unspecified atom stereocenters. The van der Waals surface area contributed by atoms with Gasteiger partial charge in [-0.1, -0.05) is 43.5 Å². The quantitative estimate of drug-likeness (QED) is 0.115. The summed E-state index contributed by atoms with van der Waals surface area (Å²) in [6, 6.07) is 20.3. The van der Waals surface area contributed by atoms with Crippen LogP contribution in [-0.4, -0.2) is 70.8 Å². The fraction of sp³-hybridized carbons (Fsp3) is 0.465. The maximum absolute atomic E-state index is 13.4. The van der Waals surface area contributed by atoms with Gasteiger partial charge in [0.1, 0.15) is 12.4 Å². The number of carbonyl (C=O) groups is 3. The maximum Gasteiger partial charge on any atom is 0.337 e. The molecule has 2 amide bonds. The second kappa shape index (κ2) is 16.9. The van der Waals surface area contributed by atoms with E-state index in [2.05, 4.69) is 52.0 Å². The first kappa shape index (κ1) is 36.5. The summed E-state index contributed by atoms with van der Waals surface area (Å²) in [5, 5.41) is 3.05. The van der Waals surface area contributed by atoms with Gasteiger partial charge in [-0.15, -0.1) is 6.58 Å². The standard InChI is InChI=1S/C43H52N4O6/c1-3-4-20-44-39(48)28-47-38-27-32(43(50)51-2)14-18-36(38)41(30-9-6-5-7-10-30)42(47)31-12-16-35(17-13-31)53-29-33-26-34(46-21-8-11-40(46)49)15-19-37(33)45-22-24-52-25-23-45/h3,12-19,26-27,30,41-42H,1,4-11,20-25,28-29H2,2H3,(H,44,48). The zero-order valence-electron chi connectivity index (χ0n) is 30.9. The third-order valence-electron chi connectivity index (χ3n) is 11.4. The summed E-state index contributed by atoms with van der Waals surface area (Å²) in [4.78, 5) is 45.1. The Morgan fingerprint density at radius 1 is 0.943 bits per heavy atom. The molecule has 0 radical (unpaired) electrons. The minimum Gasteiger partial charge on any atom is -0.489 e. The second-order valence-corrected chi connectivity index (χ2v) is 14.6. The predicted molar refractivity (Wildman–Crippen MR) is 207 cm³/mol. The average molecular weight is 721 g/mol. The smallest absolute Gasteiger partial charge is 0.337 e. The molecular weight excluding hydrogens is 668 g/mol. The van der Waals surface area contributed by atoms with Gasteiger partial charge in [0.15, 0.2) is 0 Å². The topological polar surface area (TPSA) is 101 Å². The van der Waals surface area contributed by atoms with Crippen molar-refractivity contribution in [2.45, 2.75) is 69.9 Å². The van der Waals surface area contributed by atoms with E-state index in [1.807, 2.05) is 35.2 Å². The number of carbonyl (C=O) groups excluding carboxylic acids is 3. The first-order valence-electron chi connectivity index (χ1n) is 19.3. The van der Waals surface area contributed by atoms with Gasteiger partial charge in [-0.3, -0.25) is 9.59 Å². The lowest BCUT2D eigenvalue weighted by Gasteiger charge is -2.36. The van der Waals surface area contributed by atoms with Gasteiger partial charge >= 0.3 is 5.97 Å². The lowest BCUT2D eigenvalue weighted by Crippen LogP contribution is -2.39. The molecule has 4 aliphatic rings. The molecule has 3 aromatic carbocycles. The number of rotatable bonds is 13. The molecule has 0 spiro atoms. The van der Waals surface area contributed by atoms with E-state index in [0.29, 0.717) is 50.7 Å². The zero-order chi connectivity index (χ0) is 36.7. The summed E-state index contributed by atoms with van der Waals surface area (Å²) < 4.78 is 17.2. The van der Waals surface area contributed by atoms with Crippen LogP contribution >= 0.6 is 0 Å². The molecule has 0 aromatic heterocycles. The van der Waals surface area contributed by atoms with Crippen molar-refractivity contribution in [1.82, 2.24) is 5.32 Å². The van der Waals surface area contributed by atoms with E-state index in [9.17, 15) is 14.4 Å². The highest BCUT2D eigenvalue weighted by Gasteiger charge is 2.44. The number of hydrogen-bond acceptors (Lipinski definition) is 8. The number of amides is 2. The number of esters is 1. The molecule has 2 saturated heterocycles. The number of morpholine rings is 1. The van der Waals surface area contributed by atoms with Gasteiger partial charge in [0.2, 0.25) is 11.8 Å². The van der Waals surface area contributed by atoms with Gasteiger partial charge in [0, 0.05) is 61.1 Å². The zero-order valence-corrected chi connectivity index (χ0v) is 30.9. The molecule has 1 saturated carbocycles. The van der Waals surface area contributed by atoms with Gasteiger partial charge in [0.05, 0.1) is 38.5 Å². The van der Waals surface area contributed by atoms with Gasteiger partial charge in [-0.05, 0) is 85.2 Å². The Bertz CT molecular complexity index is 1780. The largest absolute Gasteiger partial charge is 0.489 e. The molecule has 0 bridgehead atoms. The van der Waals surface area contributed by atoms with Crippen LogP contribution in [0.25, 0.3) is 0 Å². The summed E-state index contributed by atoms with van der Waals surface area (Å²) in [5.41, 5.74) is 6.73. The van der Waals surface area contributed by atoms with Crippen LogP contribution in [0.4, 0.5) is 17.1 Å². The predicted octanol–water partition coefficient (Wildman–Crippen LogP) is 6.93. The van der Waals surface area contributed by atoms with E-state index < -0.39 is 5.97 Å². The third-order valence-corrected chi connectivity index (χ3v) is 11.4. The first-order valence-corrected chi connectivity index (χ1v) is 19.3. The Labute approximate surface area is 313 Å². The van der Waals surface area contributed by atoms with Crippen LogP contribution in [0.1, 0.15) is 90.4 Å². The molecule has 10 heteroatoms. The van der Waals surface area contributed by atoms with E-state index in [1.54, 1.807) is 6.08 Å². The lowest BCUT2D eigenvalue weighted by atomic mass is 9.73. The van der Waals surface area contributed by atoms with Gasteiger partial charge in [-0.2, -0.15) is 0 Å². The fourth-order valence-electron chi connectivity index (χ4n) is 8.74. The van der Waals surface area contributed by atoms with Crippen LogP contribution in [0.3, 0.4) is 0 Å². The molecule has 3 fully saturated rings. The van der Waals surface area contributed by atoms with Crippen molar-refractivity contribution in [3.8, 4) is 5.75 Å². The van der Waals surface area contributed by atoms with Gasteiger partial charge in [-0.25, -0.2) is 4.79 Å². The van der Waals surface area contributed by atoms with Crippen LogP contribution in [0.15, 0.2) is 73.3 Å². The van der Waals surface area contributed by atoms with Crippen molar-refractivity contribution in [2.75, 3.05) is 67.7 Å². The number of benzene rings is 3. The SMILES string of the molecule is C=CCCNC(=O)CN1c2cc(C(=O)OC)ccc2C(C2CCCCC2)C1c1ccc(OCc2cc(N3CCCC3=O)ccc2N2CCOCC2)cc1. The molecule has 1 N–H and O–H groups in total. The summed E-state index contributed by atoms with van der Waals surface area (Å²) in [6.07, 6.45) is 9.85. The van der Waals surface area contributed by atoms with Crippen LogP contribution < -0.4 is 24.8 Å². The molecular formula is C43H52N4O6. The summed E-state index contributed by atoms with van der Waals surface area (Å²) >= 11 is 0. The van der Waals surface area contributed by atoms with Crippen LogP contribution in [0.5, 0.6) is 5.75 Å². The van der Waals surface area contributed by atoms with E-state index in [4.69, 9.17) is 14.2 Å². The Hall–Kier alpha value is -4.83. The van der Waals surface area contributed by atoms with Crippen molar-refractivity contribution in [3.63, 3.8) is 0 Å². The minimum absolute atomic E-state index is 0.0653. The van der Waals surface area contributed by atoms with Crippen LogP contribution in [0.2, 0.25) is 0 Å². The number of nitrogens with one attached hydrogen (secondary N) is 1. The molecule has 280 valence electrons. The average Bonchev–Trinajstić information content (AvgIpc) is 3.78. The highest BCUT2D eigenvalue weighted by molar-refractivity contribution is 5.95. The molecule has 3 heterocycles. The number of fused-ring (bicyclic) bond motifs is 1. The molecule has 2 atom stereocenters. The molecule has 10 nitrogen and oxygen atoms in total. The van der Waals surface area contributed by atoms with E-state index in [1.165, 1.54) is 31.9 Å². The van der Waals surface area contributed by atoms with Gasteiger partial charge < -0.3 is 34.2 Å². The summed E-state index contributed by atoms with van der Waals surface area (Å²) in [6.45, 7) is 8.54. The van der Waals surface area contributed by atoms with Gasteiger partial charge in [0.25, 0.3) is 0 Å². The Morgan fingerprint density at radius 2 is 1.74 bits per heavy atom. The van der Waals surface area contributed by atoms with Crippen molar-refractivity contribution in [2.24, 2.45) is 5.92 Å². The Balaban J connectivity index is 1.18. The summed E-state index contributed by atoms with van der Waals surface area (Å²) in [5.74, 6) is 1.07. The highest BCUT2D eigenvalue weighted by atomic mass is 16.5. The molecule has 3 aromatic rings. The molecule has 3 aliphatic heterocycles. The van der Waals surface area contributed by atoms with Crippen molar-refractivity contribution in [3.05, 3.63) is 95.6 Å². The van der Waals surface area contributed by atoms with E-state index in [0.717, 1.165) is 72.8 Å². The maximum atomic E-state index is 13.4. The Morgan fingerprint density at radius 3 is 2.45 bits per heavy atom.